The van der Waals surface area contributed by atoms with Crippen LogP contribution in [0.25, 0.3) is 6.08 Å². The van der Waals surface area contributed by atoms with Crippen molar-refractivity contribution in [2.75, 3.05) is 0 Å². The van der Waals surface area contributed by atoms with Crippen molar-refractivity contribution in [2.24, 2.45) is 5.92 Å². The molecular formula is C14H14BrFO. The fourth-order valence-electron chi connectivity index (χ4n) is 2.10. The van der Waals surface area contributed by atoms with Gasteiger partial charge >= 0.3 is 0 Å². The number of benzene rings is 1. The Kier molecular flexibility index (Phi) is 4.11. The molecule has 1 fully saturated rings. The Labute approximate surface area is 109 Å². The molecule has 1 saturated carbocycles. The van der Waals surface area contributed by atoms with Gasteiger partial charge in [-0.05, 0) is 36.6 Å². The smallest absolute Gasteiger partial charge is 0.133 e. The van der Waals surface area contributed by atoms with Crippen LogP contribution in [-0.2, 0) is 4.79 Å². The standard InChI is InChI=1S/C14H14BrFO/c15-12-6-4-10(5-7-12)8-14(16)11-2-1-3-13(17)9-11/h4-8,11H,1-3,9H2/b14-8+/t11-/m1/s1. The van der Waals surface area contributed by atoms with Crippen LogP contribution in [0.1, 0.15) is 31.2 Å². The van der Waals surface area contributed by atoms with E-state index in [1.54, 1.807) is 0 Å². The van der Waals surface area contributed by atoms with E-state index < -0.39 is 0 Å². The summed E-state index contributed by atoms with van der Waals surface area (Å²) in [7, 11) is 0. The third-order valence-corrected chi connectivity index (χ3v) is 3.58. The fourth-order valence-corrected chi connectivity index (χ4v) is 2.36. The number of carbonyl (C=O) groups excluding carboxylic acids is 1. The van der Waals surface area contributed by atoms with Crippen molar-refractivity contribution in [1.29, 1.82) is 0 Å². The van der Waals surface area contributed by atoms with Gasteiger partial charge in [0.15, 0.2) is 0 Å². The van der Waals surface area contributed by atoms with E-state index in [0.29, 0.717) is 12.8 Å². The zero-order chi connectivity index (χ0) is 12.3. The van der Waals surface area contributed by atoms with Gasteiger partial charge in [-0.25, -0.2) is 4.39 Å². The topological polar surface area (TPSA) is 17.1 Å². The highest BCUT2D eigenvalue weighted by Gasteiger charge is 2.22. The Balaban J connectivity index is 2.10. The van der Waals surface area contributed by atoms with Gasteiger partial charge in [-0.3, -0.25) is 4.79 Å². The molecule has 0 unspecified atom stereocenters. The Bertz CT molecular complexity index is 436. The van der Waals surface area contributed by atoms with E-state index in [9.17, 15) is 9.18 Å². The third kappa shape index (κ3) is 3.50. The Hall–Kier alpha value is -0.960. The summed E-state index contributed by atoms with van der Waals surface area (Å²) in [6, 6.07) is 7.47. The molecule has 17 heavy (non-hydrogen) atoms. The maximum absolute atomic E-state index is 13.9. The lowest BCUT2D eigenvalue weighted by molar-refractivity contribution is -0.121. The van der Waals surface area contributed by atoms with Crippen molar-refractivity contribution in [3.63, 3.8) is 0 Å². The lowest BCUT2D eigenvalue weighted by atomic mass is 9.87. The highest BCUT2D eigenvalue weighted by atomic mass is 79.9. The zero-order valence-corrected chi connectivity index (χ0v) is 11.0. The molecule has 0 N–H and O–H groups in total. The minimum Gasteiger partial charge on any atom is -0.300 e. The summed E-state index contributed by atoms with van der Waals surface area (Å²) in [6.07, 6.45) is 4.10. The highest BCUT2D eigenvalue weighted by molar-refractivity contribution is 9.10. The summed E-state index contributed by atoms with van der Waals surface area (Å²) in [6.45, 7) is 0. The summed E-state index contributed by atoms with van der Waals surface area (Å²) < 4.78 is 14.9. The third-order valence-electron chi connectivity index (χ3n) is 3.05. The fraction of sp³-hybridized carbons (Fsp3) is 0.357. The highest BCUT2D eigenvalue weighted by Crippen LogP contribution is 2.30. The molecule has 0 aliphatic heterocycles. The normalized spacial score (nSPS) is 21.6. The van der Waals surface area contributed by atoms with Crippen LogP contribution in [0.4, 0.5) is 4.39 Å². The SMILES string of the molecule is O=C1CCC[C@@H](/C(F)=C\c2ccc(Br)cc2)C1. The number of hydrogen-bond donors (Lipinski definition) is 0. The zero-order valence-electron chi connectivity index (χ0n) is 9.46. The van der Waals surface area contributed by atoms with Crippen LogP contribution in [0.3, 0.4) is 0 Å². The monoisotopic (exact) mass is 296 g/mol. The summed E-state index contributed by atoms with van der Waals surface area (Å²) >= 11 is 3.34. The molecule has 0 amide bonds. The predicted molar refractivity (Wildman–Crippen MR) is 70.2 cm³/mol. The van der Waals surface area contributed by atoms with Gasteiger partial charge in [0.1, 0.15) is 11.6 Å². The van der Waals surface area contributed by atoms with Gasteiger partial charge < -0.3 is 0 Å². The molecule has 0 aromatic heterocycles. The molecular weight excluding hydrogens is 283 g/mol. The lowest BCUT2D eigenvalue weighted by Gasteiger charge is -2.19. The molecule has 0 spiro atoms. The molecule has 0 saturated heterocycles. The van der Waals surface area contributed by atoms with Crippen LogP contribution in [0.5, 0.6) is 0 Å². The average Bonchev–Trinajstić information content (AvgIpc) is 2.32. The largest absolute Gasteiger partial charge is 0.300 e. The molecule has 1 atom stereocenters. The number of Topliss-reactive ketones (excluding diaryl/α,β-unsaturated/α-hetero) is 1. The maximum atomic E-state index is 13.9. The molecule has 0 radical (unpaired) electrons. The first-order valence-corrected chi connectivity index (χ1v) is 6.59. The number of rotatable bonds is 2. The van der Waals surface area contributed by atoms with Crippen molar-refractivity contribution >= 4 is 27.8 Å². The Morgan fingerprint density at radius 3 is 2.71 bits per heavy atom. The number of hydrogen-bond acceptors (Lipinski definition) is 1. The summed E-state index contributed by atoms with van der Waals surface area (Å²) in [5, 5.41) is 0. The van der Waals surface area contributed by atoms with Crippen molar-refractivity contribution in [3.05, 3.63) is 40.1 Å². The summed E-state index contributed by atoms with van der Waals surface area (Å²) in [4.78, 5) is 11.3. The van der Waals surface area contributed by atoms with Gasteiger partial charge in [-0.1, -0.05) is 28.1 Å². The molecule has 0 bridgehead atoms. The first kappa shape index (κ1) is 12.5. The number of halogens is 2. The maximum Gasteiger partial charge on any atom is 0.133 e. The second-order valence-corrected chi connectivity index (χ2v) is 5.33. The van der Waals surface area contributed by atoms with Crippen molar-refractivity contribution in [1.82, 2.24) is 0 Å². The molecule has 1 aromatic rings. The van der Waals surface area contributed by atoms with Crippen LogP contribution in [0, 0.1) is 5.92 Å². The van der Waals surface area contributed by atoms with Gasteiger partial charge in [0.25, 0.3) is 0 Å². The van der Waals surface area contributed by atoms with E-state index in [-0.39, 0.29) is 17.5 Å². The van der Waals surface area contributed by atoms with Gasteiger partial charge in [0, 0.05) is 23.2 Å². The van der Waals surface area contributed by atoms with Crippen LogP contribution in [0.15, 0.2) is 34.6 Å². The van der Waals surface area contributed by atoms with E-state index >= 15 is 0 Å². The molecule has 1 aliphatic carbocycles. The first-order chi connectivity index (χ1) is 8.15. The van der Waals surface area contributed by atoms with Gasteiger partial charge in [-0.2, -0.15) is 0 Å². The van der Waals surface area contributed by atoms with Crippen LogP contribution in [-0.4, -0.2) is 5.78 Å². The van der Waals surface area contributed by atoms with Gasteiger partial charge in [0.2, 0.25) is 0 Å². The van der Waals surface area contributed by atoms with Crippen molar-refractivity contribution < 1.29 is 9.18 Å². The number of carbonyl (C=O) groups is 1. The molecule has 3 heteroatoms. The molecule has 1 aromatic carbocycles. The molecule has 2 rings (SSSR count). The first-order valence-electron chi connectivity index (χ1n) is 5.79. The van der Waals surface area contributed by atoms with Gasteiger partial charge in [-0.15, -0.1) is 0 Å². The Morgan fingerprint density at radius 2 is 2.06 bits per heavy atom. The van der Waals surface area contributed by atoms with Crippen molar-refractivity contribution in [2.45, 2.75) is 25.7 Å². The minimum atomic E-state index is -0.208. The average molecular weight is 297 g/mol. The van der Waals surface area contributed by atoms with E-state index in [0.717, 1.165) is 22.9 Å². The van der Waals surface area contributed by atoms with E-state index in [1.165, 1.54) is 6.08 Å². The summed E-state index contributed by atoms with van der Waals surface area (Å²) in [5.41, 5.74) is 0.837. The van der Waals surface area contributed by atoms with Crippen molar-refractivity contribution in [3.8, 4) is 0 Å². The van der Waals surface area contributed by atoms with Crippen LogP contribution in [0.2, 0.25) is 0 Å². The molecule has 1 nitrogen and oxygen atoms in total. The molecule has 90 valence electrons. The second kappa shape index (κ2) is 5.58. The van der Waals surface area contributed by atoms with Crippen LogP contribution < -0.4 is 0 Å². The van der Waals surface area contributed by atoms with E-state index in [1.807, 2.05) is 24.3 Å². The second-order valence-electron chi connectivity index (χ2n) is 4.41. The lowest BCUT2D eigenvalue weighted by Crippen LogP contribution is -2.15. The molecule has 0 heterocycles. The number of allylic oxidation sites excluding steroid dienone is 1. The molecule has 1 aliphatic rings. The van der Waals surface area contributed by atoms with Crippen LogP contribution >= 0.6 is 15.9 Å². The Morgan fingerprint density at radius 1 is 1.35 bits per heavy atom. The number of ketones is 1. The summed E-state index contributed by atoms with van der Waals surface area (Å²) in [5.74, 6) is -0.194. The van der Waals surface area contributed by atoms with Gasteiger partial charge in [0.05, 0.1) is 0 Å². The predicted octanol–water partition coefficient (Wildman–Crippen LogP) is 4.52. The van der Waals surface area contributed by atoms with E-state index in [2.05, 4.69) is 15.9 Å². The van der Waals surface area contributed by atoms with E-state index in [4.69, 9.17) is 0 Å². The quantitative estimate of drug-likeness (QED) is 0.784. The minimum absolute atomic E-state index is 0.166.